The minimum Gasteiger partial charge on any atom is -0.477 e. The molecule has 178 valence electrons. The second-order valence-electron chi connectivity index (χ2n) is 8.43. The Bertz CT molecular complexity index is 1410. The molecule has 0 spiro atoms. The fourth-order valence-corrected chi connectivity index (χ4v) is 4.24. The van der Waals surface area contributed by atoms with Crippen molar-refractivity contribution in [1.29, 1.82) is 0 Å². The van der Waals surface area contributed by atoms with Crippen molar-refractivity contribution in [2.45, 2.75) is 13.5 Å². The first-order chi connectivity index (χ1) is 16.9. The Morgan fingerprint density at radius 3 is 2.49 bits per heavy atom. The molecule has 9 heteroatoms. The second-order valence-corrected chi connectivity index (χ2v) is 8.43. The Morgan fingerprint density at radius 1 is 1.06 bits per heavy atom. The quantitative estimate of drug-likeness (QED) is 0.455. The van der Waals surface area contributed by atoms with Gasteiger partial charge in [0.15, 0.2) is 5.69 Å². The van der Waals surface area contributed by atoms with Gasteiger partial charge in [-0.15, -0.1) is 0 Å². The molecule has 3 heterocycles. The van der Waals surface area contributed by atoms with E-state index in [4.69, 9.17) is 9.72 Å². The number of halogens is 2. The van der Waals surface area contributed by atoms with Crippen LogP contribution in [0.3, 0.4) is 0 Å². The average Bonchev–Trinajstić information content (AvgIpc) is 2.85. The zero-order valence-electron chi connectivity index (χ0n) is 19.0. The van der Waals surface area contributed by atoms with Crippen LogP contribution in [-0.2, 0) is 11.3 Å². The van der Waals surface area contributed by atoms with Crippen molar-refractivity contribution in [3.63, 3.8) is 0 Å². The van der Waals surface area contributed by atoms with Crippen LogP contribution in [-0.4, -0.2) is 57.2 Å². The molecule has 1 N–H and O–H groups in total. The summed E-state index contributed by atoms with van der Waals surface area (Å²) < 4.78 is 35.4. The summed E-state index contributed by atoms with van der Waals surface area (Å²) in [6.45, 7) is 4.19. The van der Waals surface area contributed by atoms with Crippen LogP contribution in [0.4, 0.5) is 8.78 Å². The number of pyridine rings is 1. The summed E-state index contributed by atoms with van der Waals surface area (Å²) >= 11 is 0. The van der Waals surface area contributed by atoms with Crippen molar-refractivity contribution in [1.82, 2.24) is 19.9 Å². The van der Waals surface area contributed by atoms with Gasteiger partial charge < -0.3 is 9.84 Å². The topological polar surface area (TPSA) is 88.4 Å². The van der Waals surface area contributed by atoms with Gasteiger partial charge in [0.2, 0.25) is 0 Å². The zero-order valence-corrected chi connectivity index (χ0v) is 19.0. The number of fused-ring (bicyclic) bond motifs is 1. The lowest BCUT2D eigenvalue weighted by Gasteiger charge is -2.27. The Labute approximate surface area is 200 Å². The molecule has 4 aromatic rings. The van der Waals surface area contributed by atoms with E-state index in [1.807, 2.05) is 4.90 Å². The molecule has 1 fully saturated rings. The summed E-state index contributed by atoms with van der Waals surface area (Å²) in [4.78, 5) is 26.4. The van der Waals surface area contributed by atoms with Gasteiger partial charge >= 0.3 is 5.97 Å². The molecule has 1 saturated heterocycles. The summed E-state index contributed by atoms with van der Waals surface area (Å²) in [5, 5.41) is 9.23. The molecule has 0 amide bonds. The van der Waals surface area contributed by atoms with Gasteiger partial charge in [0.1, 0.15) is 11.6 Å². The van der Waals surface area contributed by atoms with Gasteiger partial charge in [0, 0.05) is 42.5 Å². The molecule has 35 heavy (non-hydrogen) atoms. The lowest BCUT2D eigenvalue weighted by Crippen LogP contribution is -2.36. The highest BCUT2D eigenvalue weighted by atomic mass is 19.1. The Morgan fingerprint density at radius 2 is 1.80 bits per heavy atom. The lowest BCUT2D eigenvalue weighted by atomic mass is 10.0. The van der Waals surface area contributed by atoms with Crippen molar-refractivity contribution in [3.8, 4) is 22.4 Å². The number of nitrogens with zero attached hydrogens (tertiary/aromatic N) is 4. The highest BCUT2D eigenvalue weighted by Gasteiger charge is 2.19. The number of carboxylic acids is 1. The largest absolute Gasteiger partial charge is 0.477 e. The average molecular weight is 476 g/mol. The summed E-state index contributed by atoms with van der Waals surface area (Å²) in [5.74, 6) is -2.34. The summed E-state index contributed by atoms with van der Waals surface area (Å²) in [5.41, 5.74) is 3.50. The molecule has 0 radical (unpaired) electrons. The van der Waals surface area contributed by atoms with E-state index in [0.717, 1.165) is 0 Å². The summed E-state index contributed by atoms with van der Waals surface area (Å²) in [6, 6.07) is 9.61. The Kier molecular flexibility index (Phi) is 6.19. The molecule has 2 aromatic heterocycles. The van der Waals surface area contributed by atoms with Crippen LogP contribution in [0.1, 0.15) is 21.6 Å². The first-order valence-electron chi connectivity index (χ1n) is 11.1. The number of hydrogen-bond donors (Lipinski definition) is 1. The number of aromatic carboxylic acids is 1. The van der Waals surface area contributed by atoms with Crippen molar-refractivity contribution in [2.75, 3.05) is 26.3 Å². The number of aryl methyl sites for hydroxylation is 1. The third-order valence-corrected chi connectivity index (χ3v) is 6.09. The highest BCUT2D eigenvalue weighted by molar-refractivity contribution is 5.93. The second kappa shape index (κ2) is 9.44. The molecule has 1 aliphatic heterocycles. The Hall–Kier alpha value is -3.82. The Balaban J connectivity index is 1.54. The van der Waals surface area contributed by atoms with Crippen molar-refractivity contribution in [3.05, 3.63) is 77.2 Å². The maximum Gasteiger partial charge on any atom is 0.354 e. The maximum atomic E-state index is 15.1. The predicted molar refractivity (Wildman–Crippen MR) is 126 cm³/mol. The highest BCUT2D eigenvalue weighted by Crippen LogP contribution is 2.31. The molecule has 1 aliphatic rings. The van der Waals surface area contributed by atoms with Gasteiger partial charge in [0.25, 0.3) is 0 Å². The van der Waals surface area contributed by atoms with Gasteiger partial charge in [-0.2, -0.15) is 0 Å². The smallest absolute Gasteiger partial charge is 0.354 e. The van der Waals surface area contributed by atoms with Crippen molar-refractivity contribution in [2.24, 2.45) is 0 Å². The van der Waals surface area contributed by atoms with Gasteiger partial charge in [-0.05, 0) is 42.3 Å². The third-order valence-electron chi connectivity index (χ3n) is 6.09. The van der Waals surface area contributed by atoms with E-state index in [9.17, 15) is 9.90 Å². The summed E-state index contributed by atoms with van der Waals surface area (Å²) in [7, 11) is 0. The van der Waals surface area contributed by atoms with Gasteiger partial charge in [-0.1, -0.05) is 12.1 Å². The summed E-state index contributed by atoms with van der Waals surface area (Å²) in [6.07, 6.45) is 2.99. The predicted octanol–water partition coefficient (Wildman–Crippen LogP) is 4.48. The van der Waals surface area contributed by atoms with Gasteiger partial charge in [0.05, 0.1) is 36.1 Å². The molecule has 0 bridgehead atoms. The molecule has 0 unspecified atom stereocenters. The first kappa shape index (κ1) is 22.9. The van der Waals surface area contributed by atoms with E-state index in [2.05, 4.69) is 9.97 Å². The van der Waals surface area contributed by atoms with E-state index in [1.54, 1.807) is 37.4 Å². The number of morpholine rings is 1. The number of ether oxygens (including phenoxy) is 1. The molecule has 0 saturated carbocycles. The first-order valence-corrected chi connectivity index (χ1v) is 11.1. The molecule has 0 aliphatic carbocycles. The maximum absolute atomic E-state index is 15.1. The van der Waals surface area contributed by atoms with Crippen LogP contribution in [0, 0.1) is 18.6 Å². The minimum absolute atomic E-state index is 0.0303. The fourth-order valence-electron chi connectivity index (χ4n) is 4.24. The number of carboxylic acid groups (broad SMARTS) is 1. The van der Waals surface area contributed by atoms with Crippen LogP contribution in [0.25, 0.3) is 33.4 Å². The van der Waals surface area contributed by atoms with E-state index in [0.29, 0.717) is 65.3 Å². The van der Waals surface area contributed by atoms with E-state index in [1.165, 1.54) is 18.3 Å². The third kappa shape index (κ3) is 4.60. The number of carbonyl (C=O) groups is 1. The number of benzene rings is 2. The molecule has 2 aromatic carbocycles. The number of rotatable bonds is 5. The SMILES string of the molecule is Cc1cc(-c2cnc3cccc(-c4cc(F)c(CN5CCOCC5)c(F)c4)c3n2)cnc1C(=O)O. The van der Waals surface area contributed by atoms with E-state index >= 15 is 8.78 Å². The molecule has 7 nitrogen and oxygen atoms in total. The standard InChI is InChI=1S/C26H22F2N4O3/c1-15-9-17(12-30-24(15)26(33)34)23-13-29-22-4-2-3-18(25(22)31-23)16-10-20(27)19(21(28)11-16)14-32-5-7-35-8-6-32/h2-4,9-13H,5-8,14H2,1H3,(H,33,34). The van der Waals surface area contributed by atoms with Crippen LogP contribution in [0.5, 0.6) is 0 Å². The van der Waals surface area contributed by atoms with Crippen molar-refractivity contribution < 1.29 is 23.4 Å². The monoisotopic (exact) mass is 476 g/mol. The minimum atomic E-state index is -1.11. The van der Waals surface area contributed by atoms with E-state index in [-0.39, 0.29) is 17.8 Å². The molecule has 0 atom stereocenters. The van der Waals surface area contributed by atoms with E-state index < -0.39 is 17.6 Å². The van der Waals surface area contributed by atoms with Gasteiger partial charge in [-0.25, -0.2) is 23.5 Å². The zero-order chi connectivity index (χ0) is 24.5. The van der Waals surface area contributed by atoms with Crippen LogP contribution in [0.2, 0.25) is 0 Å². The fraction of sp³-hybridized carbons (Fsp3) is 0.231. The molecular formula is C26H22F2N4O3. The van der Waals surface area contributed by atoms with Gasteiger partial charge in [-0.3, -0.25) is 9.88 Å². The van der Waals surface area contributed by atoms with Crippen LogP contribution >= 0.6 is 0 Å². The van der Waals surface area contributed by atoms with Crippen molar-refractivity contribution >= 4 is 17.0 Å². The number of para-hydroxylation sites is 1. The normalized spacial score (nSPS) is 14.4. The molecular weight excluding hydrogens is 454 g/mol. The molecule has 5 rings (SSSR count). The van der Waals surface area contributed by atoms with Crippen LogP contribution in [0.15, 0.2) is 48.8 Å². The lowest BCUT2D eigenvalue weighted by molar-refractivity contribution is 0.0332. The number of hydrogen-bond acceptors (Lipinski definition) is 6. The number of aromatic nitrogens is 3. The van der Waals surface area contributed by atoms with Crippen LogP contribution < -0.4 is 0 Å².